The van der Waals surface area contributed by atoms with Gasteiger partial charge in [-0.1, -0.05) is 0 Å². The van der Waals surface area contributed by atoms with Crippen molar-refractivity contribution in [2.24, 2.45) is 0 Å². The average molecular weight is 357 g/mol. The van der Waals surface area contributed by atoms with Crippen molar-refractivity contribution < 1.29 is 17.9 Å². The summed E-state index contributed by atoms with van der Waals surface area (Å²) < 4.78 is 27.8. The van der Waals surface area contributed by atoms with E-state index in [4.69, 9.17) is 10.5 Å². The van der Waals surface area contributed by atoms with Crippen molar-refractivity contribution in [3.8, 4) is 0 Å². The van der Waals surface area contributed by atoms with Gasteiger partial charge in [0.2, 0.25) is 0 Å². The molecule has 1 rings (SSSR count). The van der Waals surface area contributed by atoms with Gasteiger partial charge in [0.25, 0.3) is 0 Å². The van der Waals surface area contributed by atoms with Crippen molar-refractivity contribution in [1.29, 1.82) is 0 Å². The third kappa shape index (κ3) is 5.92. The predicted molar refractivity (Wildman–Crippen MR) is 98.1 cm³/mol. The van der Waals surface area contributed by atoms with E-state index in [2.05, 4.69) is 10.6 Å². The molecule has 0 spiro atoms. The van der Waals surface area contributed by atoms with E-state index in [-0.39, 0.29) is 6.54 Å². The van der Waals surface area contributed by atoms with E-state index in [1.165, 1.54) is 6.26 Å². The van der Waals surface area contributed by atoms with Crippen LogP contribution in [-0.4, -0.2) is 37.7 Å². The number of ether oxygens (including phenoxy) is 1. The fourth-order valence-electron chi connectivity index (χ4n) is 1.65. The largest absolute Gasteiger partial charge is 0.444 e. The molecule has 1 aromatic carbocycles. The number of hydrogen-bond acceptors (Lipinski definition) is 6. The summed E-state index contributed by atoms with van der Waals surface area (Å²) in [7, 11) is -3.23. The van der Waals surface area contributed by atoms with Crippen LogP contribution in [0.4, 0.5) is 21.9 Å². The van der Waals surface area contributed by atoms with Crippen LogP contribution in [-0.2, 0) is 14.6 Å². The van der Waals surface area contributed by atoms with Gasteiger partial charge in [-0.2, -0.15) is 0 Å². The molecule has 0 radical (unpaired) electrons. The zero-order valence-electron chi connectivity index (χ0n) is 15.1. The van der Waals surface area contributed by atoms with Gasteiger partial charge in [0.1, 0.15) is 5.60 Å². The fourth-order valence-corrected chi connectivity index (χ4v) is 1.98. The van der Waals surface area contributed by atoms with E-state index in [1.54, 1.807) is 52.8 Å². The third-order valence-corrected chi connectivity index (χ3v) is 5.56. The third-order valence-electron chi connectivity index (χ3n) is 3.41. The highest BCUT2D eigenvalue weighted by molar-refractivity contribution is 7.92. The number of rotatable bonds is 5. The van der Waals surface area contributed by atoms with Gasteiger partial charge in [0, 0.05) is 18.5 Å². The molecule has 0 aromatic heterocycles. The number of hydrogen-bond donors (Lipinski definition) is 3. The zero-order chi connectivity index (χ0) is 18.8. The van der Waals surface area contributed by atoms with Crippen LogP contribution < -0.4 is 16.4 Å². The van der Waals surface area contributed by atoms with Gasteiger partial charge in [0.05, 0.1) is 16.1 Å². The SMILES string of the molecule is CC(C)(C)OC(=O)Nc1ccc(N)c(NCC(C)(C)S(C)(=O)=O)c1. The first-order chi connectivity index (χ1) is 10.7. The van der Waals surface area contributed by atoms with Crippen molar-refractivity contribution in [2.45, 2.75) is 45.0 Å². The van der Waals surface area contributed by atoms with Gasteiger partial charge in [-0.15, -0.1) is 0 Å². The average Bonchev–Trinajstić information content (AvgIpc) is 2.35. The molecule has 136 valence electrons. The Morgan fingerprint density at radius 2 is 1.79 bits per heavy atom. The van der Waals surface area contributed by atoms with Gasteiger partial charge in [-0.05, 0) is 52.8 Å². The molecule has 4 N–H and O–H groups in total. The maximum absolute atomic E-state index is 11.8. The zero-order valence-corrected chi connectivity index (χ0v) is 15.9. The highest BCUT2D eigenvalue weighted by Crippen LogP contribution is 2.25. The Balaban J connectivity index is 2.86. The van der Waals surface area contributed by atoms with E-state index in [0.717, 1.165) is 0 Å². The Bertz CT molecular complexity index is 707. The summed E-state index contributed by atoms with van der Waals surface area (Å²) in [6.07, 6.45) is 0.619. The second kappa shape index (κ2) is 6.88. The van der Waals surface area contributed by atoms with Crippen LogP contribution in [0.25, 0.3) is 0 Å². The summed E-state index contributed by atoms with van der Waals surface area (Å²) in [5, 5.41) is 5.64. The lowest BCUT2D eigenvalue weighted by Gasteiger charge is -2.24. The first-order valence-corrected chi connectivity index (χ1v) is 9.43. The fraction of sp³-hybridized carbons (Fsp3) is 0.562. The molecule has 7 nitrogen and oxygen atoms in total. The molecular weight excluding hydrogens is 330 g/mol. The van der Waals surface area contributed by atoms with Crippen LogP contribution in [0.5, 0.6) is 0 Å². The van der Waals surface area contributed by atoms with E-state index < -0.39 is 26.3 Å². The summed E-state index contributed by atoms with van der Waals surface area (Å²) >= 11 is 0. The summed E-state index contributed by atoms with van der Waals surface area (Å²) in [6, 6.07) is 4.91. The molecule has 0 saturated carbocycles. The number of nitrogens with one attached hydrogen (secondary N) is 2. The van der Waals surface area contributed by atoms with Gasteiger partial charge in [-0.25, -0.2) is 13.2 Å². The van der Waals surface area contributed by atoms with E-state index in [9.17, 15) is 13.2 Å². The number of anilines is 3. The molecule has 0 fully saturated rings. The van der Waals surface area contributed by atoms with Crippen molar-refractivity contribution in [3.63, 3.8) is 0 Å². The monoisotopic (exact) mass is 357 g/mol. The van der Waals surface area contributed by atoms with Gasteiger partial charge in [-0.3, -0.25) is 5.32 Å². The molecule has 1 aromatic rings. The van der Waals surface area contributed by atoms with Crippen LogP contribution in [0.1, 0.15) is 34.6 Å². The molecule has 8 heteroatoms. The molecule has 0 aliphatic rings. The highest BCUT2D eigenvalue weighted by Gasteiger charge is 2.30. The van der Waals surface area contributed by atoms with Crippen LogP contribution >= 0.6 is 0 Å². The summed E-state index contributed by atoms with van der Waals surface area (Å²) in [4.78, 5) is 11.8. The minimum absolute atomic E-state index is 0.186. The number of sulfone groups is 1. The number of amides is 1. The Labute approximate surface area is 143 Å². The minimum atomic E-state index is -3.23. The van der Waals surface area contributed by atoms with Crippen molar-refractivity contribution >= 4 is 33.0 Å². The Kier molecular flexibility index (Phi) is 5.76. The summed E-state index contributed by atoms with van der Waals surface area (Å²) in [5.74, 6) is 0. The lowest BCUT2D eigenvalue weighted by Crippen LogP contribution is -2.38. The van der Waals surface area contributed by atoms with Gasteiger partial charge >= 0.3 is 6.09 Å². The van der Waals surface area contributed by atoms with E-state index >= 15 is 0 Å². The Morgan fingerprint density at radius 1 is 1.21 bits per heavy atom. The molecule has 24 heavy (non-hydrogen) atoms. The molecule has 0 aliphatic heterocycles. The second-order valence-corrected chi connectivity index (χ2v) is 9.96. The summed E-state index contributed by atoms with van der Waals surface area (Å²) in [5.41, 5.74) is 6.80. The standard InChI is InChI=1S/C16H27N3O4S/c1-15(2,3)23-14(20)19-11-7-8-12(17)13(9-11)18-10-16(4,5)24(6,21)22/h7-9,18H,10,17H2,1-6H3,(H,19,20). The molecule has 0 saturated heterocycles. The van der Waals surface area contributed by atoms with Crippen LogP contribution in [0.15, 0.2) is 18.2 Å². The van der Waals surface area contributed by atoms with Crippen LogP contribution in [0.3, 0.4) is 0 Å². The predicted octanol–water partition coefficient (Wildman–Crippen LogP) is 2.85. The molecule has 0 heterocycles. The number of carbonyl (C=O) groups is 1. The summed E-state index contributed by atoms with van der Waals surface area (Å²) in [6.45, 7) is 8.77. The lowest BCUT2D eigenvalue weighted by atomic mass is 10.2. The number of nitrogen functional groups attached to an aromatic ring is 1. The maximum Gasteiger partial charge on any atom is 0.412 e. The molecule has 0 aliphatic carbocycles. The lowest BCUT2D eigenvalue weighted by molar-refractivity contribution is 0.0636. The van der Waals surface area contributed by atoms with Crippen LogP contribution in [0.2, 0.25) is 0 Å². The molecule has 0 unspecified atom stereocenters. The Morgan fingerprint density at radius 3 is 2.29 bits per heavy atom. The van der Waals surface area contributed by atoms with E-state index in [0.29, 0.717) is 17.1 Å². The van der Waals surface area contributed by atoms with Crippen molar-refractivity contribution in [1.82, 2.24) is 0 Å². The van der Waals surface area contributed by atoms with Crippen molar-refractivity contribution in [3.05, 3.63) is 18.2 Å². The van der Waals surface area contributed by atoms with E-state index in [1.807, 2.05) is 0 Å². The first-order valence-electron chi connectivity index (χ1n) is 7.54. The molecular formula is C16H27N3O4S. The Hall–Kier alpha value is -1.96. The van der Waals surface area contributed by atoms with Crippen molar-refractivity contribution in [2.75, 3.05) is 29.2 Å². The quantitative estimate of drug-likeness (QED) is 0.699. The molecule has 0 atom stereocenters. The molecule has 1 amide bonds. The van der Waals surface area contributed by atoms with Gasteiger partial charge in [0.15, 0.2) is 9.84 Å². The maximum atomic E-state index is 11.8. The molecule has 0 bridgehead atoms. The smallest absolute Gasteiger partial charge is 0.412 e. The normalized spacial score (nSPS) is 12.6. The number of nitrogens with two attached hydrogens (primary N) is 1. The van der Waals surface area contributed by atoms with Gasteiger partial charge < -0.3 is 15.8 Å². The number of benzene rings is 1. The first kappa shape index (κ1) is 20.1. The topological polar surface area (TPSA) is 111 Å². The highest BCUT2D eigenvalue weighted by atomic mass is 32.2. The number of carbonyl (C=O) groups excluding carboxylic acids is 1. The minimum Gasteiger partial charge on any atom is -0.444 e. The second-order valence-electron chi connectivity index (χ2n) is 7.31. The van der Waals surface area contributed by atoms with Crippen LogP contribution in [0, 0.1) is 0 Å².